The third-order valence-corrected chi connectivity index (χ3v) is 4.14. The maximum absolute atomic E-state index is 12.5. The lowest BCUT2D eigenvalue weighted by molar-refractivity contribution is 0.102. The van der Waals surface area contributed by atoms with E-state index in [9.17, 15) is 4.79 Å². The highest BCUT2D eigenvalue weighted by atomic mass is 32.1. The van der Waals surface area contributed by atoms with Crippen molar-refractivity contribution >= 4 is 22.4 Å². The van der Waals surface area contributed by atoms with Crippen molar-refractivity contribution in [3.63, 3.8) is 0 Å². The molecule has 6 heteroatoms. The number of hydrogen-bond donors (Lipinski definition) is 1. The summed E-state index contributed by atoms with van der Waals surface area (Å²) in [6.07, 6.45) is 3.49. The minimum atomic E-state index is -0.185. The van der Waals surface area contributed by atoms with E-state index in [0.29, 0.717) is 10.7 Å². The van der Waals surface area contributed by atoms with E-state index >= 15 is 0 Å². The van der Waals surface area contributed by atoms with Crippen LogP contribution in [-0.2, 0) is 0 Å². The number of benzene rings is 1. The van der Waals surface area contributed by atoms with Crippen LogP contribution in [0.1, 0.15) is 20.9 Å². The molecule has 3 rings (SSSR count). The fraction of sp³-hybridized carbons (Fsp3) is 0.133. The predicted octanol–water partition coefficient (Wildman–Crippen LogP) is 3.20. The Morgan fingerprint density at radius 1 is 1.24 bits per heavy atom. The van der Waals surface area contributed by atoms with Crippen LogP contribution in [0, 0.1) is 13.8 Å². The summed E-state index contributed by atoms with van der Waals surface area (Å²) in [4.78, 5) is 17.9. The van der Waals surface area contributed by atoms with Crippen molar-refractivity contribution in [3.8, 4) is 5.69 Å². The Hall–Kier alpha value is -2.47. The normalized spacial score (nSPS) is 10.6. The van der Waals surface area contributed by atoms with Gasteiger partial charge in [-0.25, -0.2) is 9.67 Å². The number of nitrogens with one attached hydrogen (secondary N) is 1. The SMILES string of the molecule is Cc1nc(NC(=O)c2ccccc2-n2cccn2)sc1C. The summed E-state index contributed by atoms with van der Waals surface area (Å²) < 4.78 is 1.67. The quantitative estimate of drug-likeness (QED) is 0.807. The molecule has 0 spiro atoms. The highest BCUT2D eigenvalue weighted by Crippen LogP contribution is 2.22. The van der Waals surface area contributed by atoms with Crippen molar-refractivity contribution in [2.75, 3.05) is 5.32 Å². The average molecular weight is 298 g/mol. The van der Waals surface area contributed by atoms with Gasteiger partial charge in [0, 0.05) is 17.3 Å². The number of amides is 1. The molecule has 21 heavy (non-hydrogen) atoms. The van der Waals surface area contributed by atoms with Crippen molar-refractivity contribution in [2.45, 2.75) is 13.8 Å². The van der Waals surface area contributed by atoms with E-state index in [2.05, 4.69) is 15.4 Å². The van der Waals surface area contributed by atoms with E-state index in [-0.39, 0.29) is 5.91 Å². The number of hydrogen-bond acceptors (Lipinski definition) is 4. The monoisotopic (exact) mass is 298 g/mol. The van der Waals surface area contributed by atoms with Crippen LogP contribution in [0.25, 0.3) is 5.69 Å². The van der Waals surface area contributed by atoms with Gasteiger partial charge < -0.3 is 0 Å². The molecule has 0 aliphatic rings. The molecule has 1 N–H and O–H groups in total. The van der Waals surface area contributed by atoms with Gasteiger partial charge in [-0.3, -0.25) is 10.1 Å². The standard InChI is InChI=1S/C15H14N4OS/c1-10-11(2)21-15(17-10)18-14(20)12-6-3-4-7-13(12)19-9-5-8-16-19/h3-9H,1-2H3,(H,17,18,20). The maximum Gasteiger partial charge on any atom is 0.259 e. The van der Waals surface area contributed by atoms with E-state index in [1.54, 1.807) is 16.9 Å². The fourth-order valence-electron chi connectivity index (χ4n) is 1.97. The first kappa shape index (κ1) is 13.5. The van der Waals surface area contributed by atoms with Gasteiger partial charge in [-0.1, -0.05) is 12.1 Å². The molecule has 0 atom stereocenters. The van der Waals surface area contributed by atoms with Gasteiger partial charge in [0.15, 0.2) is 5.13 Å². The summed E-state index contributed by atoms with van der Waals surface area (Å²) in [5.41, 5.74) is 2.24. The molecule has 1 aromatic carbocycles. The molecule has 2 aromatic heterocycles. The zero-order chi connectivity index (χ0) is 14.8. The fourth-order valence-corrected chi connectivity index (χ4v) is 2.78. The number of aromatic nitrogens is 3. The third-order valence-electron chi connectivity index (χ3n) is 3.15. The number of rotatable bonds is 3. The van der Waals surface area contributed by atoms with Crippen LogP contribution < -0.4 is 5.32 Å². The van der Waals surface area contributed by atoms with E-state index in [1.807, 2.05) is 44.3 Å². The minimum absolute atomic E-state index is 0.185. The van der Waals surface area contributed by atoms with E-state index < -0.39 is 0 Å². The number of carbonyl (C=O) groups excluding carboxylic acids is 1. The van der Waals surface area contributed by atoms with E-state index in [0.717, 1.165) is 16.3 Å². The zero-order valence-corrected chi connectivity index (χ0v) is 12.5. The van der Waals surface area contributed by atoms with Crippen LogP contribution in [0.3, 0.4) is 0 Å². The first-order valence-corrected chi connectivity index (χ1v) is 7.31. The molecule has 0 aliphatic carbocycles. The average Bonchev–Trinajstić information content (AvgIpc) is 3.10. The molecule has 5 nitrogen and oxygen atoms in total. The summed E-state index contributed by atoms with van der Waals surface area (Å²) in [7, 11) is 0. The summed E-state index contributed by atoms with van der Waals surface area (Å²) in [5.74, 6) is -0.185. The van der Waals surface area contributed by atoms with Gasteiger partial charge in [0.2, 0.25) is 0 Å². The van der Waals surface area contributed by atoms with Gasteiger partial charge in [0.05, 0.1) is 16.9 Å². The molecular formula is C15H14N4OS. The molecule has 3 aromatic rings. The van der Waals surface area contributed by atoms with Gasteiger partial charge in [0.25, 0.3) is 5.91 Å². The zero-order valence-electron chi connectivity index (χ0n) is 11.7. The largest absolute Gasteiger partial charge is 0.298 e. The number of anilines is 1. The van der Waals surface area contributed by atoms with Crippen LogP contribution in [0.2, 0.25) is 0 Å². The first-order chi connectivity index (χ1) is 10.1. The highest BCUT2D eigenvalue weighted by molar-refractivity contribution is 7.15. The Kier molecular flexibility index (Phi) is 3.53. The second kappa shape index (κ2) is 5.49. The lowest BCUT2D eigenvalue weighted by Crippen LogP contribution is -2.15. The van der Waals surface area contributed by atoms with Crippen molar-refractivity contribution < 1.29 is 4.79 Å². The summed E-state index contributed by atoms with van der Waals surface area (Å²) in [5, 5.41) is 7.64. The summed E-state index contributed by atoms with van der Waals surface area (Å²) >= 11 is 1.48. The number of thiazole rings is 1. The molecule has 0 unspecified atom stereocenters. The van der Waals surface area contributed by atoms with Gasteiger partial charge >= 0.3 is 0 Å². The van der Waals surface area contributed by atoms with Crippen LogP contribution in [0.4, 0.5) is 5.13 Å². The minimum Gasteiger partial charge on any atom is -0.298 e. The lowest BCUT2D eigenvalue weighted by Gasteiger charge is -2.08. The molecule has 0 bridgehead atoms. The van der Waals surface area contributed by atoms with Crippen LogP contribution in [-0.4, -0.2) is 20.7 Å². The molecule has 0 saturated carbocycles. The van der Waals surface area contributed by atoms with Gasteiger partial charge in [-0.15, -0.1) is 11.3 Å². The second-order valence-corrected chi connectivity index (χ2v) is 5.79. The molecule has 0 radical (unpaired) electrons. The maximum atomic E-state index is 12.5. The van der Waals surface area contributed by atoms with Gasteiger partial charge in [-0.05, 0) is 32.0 Å². The second-order valence-electron chi connectivity index (χ2n) is 4.58. The Morgan fingerprint density at radius 2 is 2.05 bits per heavy atom. The summed E-state index contributed by atoms with van der Waals surface area (Å²) in [6, 6.07) is 9.17. The Balaban J connectivity index is 1.92. The van der Waals surface area contributed by atoms with Crippen molar-refractivity contribution in [2.24, 2.45) is 0 Å². The van der Waals surface area contributed by atoms with Gasteiger partial charge in [0.1, 0.15) is 0 Å². The molecule has 0 fully saturated rings. The highest BCUT2D eigenvalue weighted by Gasteiger charge is 2.14. The number of nitrogens with zero attached hydrogens (tertiary/aromatic N) is 3. The summed E-state index contributed by atoms with van der Waals surface area (Å²) in [6.45, 7) is 3.92. The van der Waals surface area contributed by atoms with Crippen LogP contribution in [0.15, 0.2) is 42.7 Å². The molecule has 106 valence electrons. The molecule has 0 saturated heterocycles. The van der Waals surface area contributed by atoms with Crippen molar-refractivity contribution in [1.82, 2.24) is 14.8 Å². The molecule has 0 aliphatic heterocycles. The molecule has 1 amide bonds. The predicted molar refractivity (Wildman–Crippen MR) is 83.1 cm³/mol. The number of aryl methyl sites for hydroxylation is 2. The first-order valence-electron chi connectivity index (χ1n) is 6.49. The lowest BCUT2D eigenvalue weighted by atomic mass is 10.1. The Labute approximate surface area is 126 Å². The smallest absolute Gasteiger partial charge is 0.259 e. The Bertz CT molecular complexity index is 757. The van der Waals surface area contributed by atoms with E-state index in [1.165, 1.54) is 11.3 Å². The van der Waals surface area contributed by atoms with Crippen molar-refractivity contribution in [3.05, 3.63) is 58.9 Å². The molecular weight excluding hydrogens is 284 g/mol. The van der Waals surface area contributed by atoms with Crippen LogP contribution in [0.5, 0.6) is 0 Å². The van der Waals surface area contributed by atoms with Gasteiger partial charge in [-0.2, -0.15) is 5.10 Å². The number of para-hydroxylation sites is 1. The topological polar surface area (TPSA) is 59.8 Å². The van der Waals surface area contributed by atoms with Crippen LogP contribution >= 0.6 is 11.3 Å². The Morgan fingerprint density at radius 3 is 2.71 bits per heavy atom. The number of carbonyl (C=O) groups is 1. The third kappa shape index (κ3) is 2.71. The van der Waals surface area contributed by atoms with Crippen molar-refractivity contribution in [1.29, 1.82) is 0 Å². The molecule has 2 heterocycles. The van der Waals surface area contributed by atoms with E-state index in [4.69, 9.17) is 0 Å².